The van der Waals surface area contributed by atoms with Crippen molar-refractivity contribution in [3.05, 3.63) is 47.9 Å². The van der Waals surface area contributed by atoms with Crippen molar-refractivity contribution < 1.29 is 19.0 Å². The van der Waals surface area contributed by atoms with Gasteiger partial charge in [-0.15, -0.1) is 0 Å². The van der Waals surface area contributed by atoms with Crippen molar-refractivity contribution in [3.63, 3.8) is 0 Å². The number of nitrogens with zero attached hydrogens (tertiary/aromatic N) is 2. The number of para-hydroxylation sites is 1. The largest absolute Gasteiger partial charge is 0.469 e. The molecule has 0 bridgehead atoms. The first kappa shape index (κ1) is 15.6. The Hall–Kier alpha value is -2.93. The zero-order chi connectivity index (χ0) is 17.2. The lowest BCUT2D eigenvalue weighted by Crippen LogP contribution is -2.10. The van der Waals surface area contributed by atoms with Crippen molar-refractivity contribution >= 4 is 5.82 Å². The van der Waals surface area contributed by atoms with Gasteiger partial charge < -0.3 is 24.3 Å². The van der Waals surface area contributed by atoms with Crippen LogP contribution < -0.4 is 14.8 Å². The minimum absolute atomic E-state index is 0.0118. The Morgan fingerprint density at radius 2 is 2.20 bits per heavy atom. The molecule has 3 aromatic rings. The van der Waals surface area contributed by atoms with Gasteiger partial charge in [-0.3, -0.25) is 0 Å². The van der Waals surface area contributed by atoms with E-state index in [1.807, 2.05) is 37.3 Å². The van der Waals surface area contributed by atoms with Gasteiger partial charge >= 0.3 is 0 Å². The van der Waals surface area contributed by atoms with Crippen LogP contribution in [0.4, 0.5) is 5.82 Å². The molecule has 0 atom stereocenters. The van der Waals surface area contributed by atoms with E-state index in [1.54, 1.807) is 10.9 Å². The molecule has 3 heterocycles. The van der Waals surface area contributed by atoms with Crippen molar-refractivity contribution in [2.24, 2.45) is 0 Å². The van der Waals surface area contributed by atoms with Gasteiger partial charge in [0.2, 0.25) is 6.79 Å². The molecule has 0 unspecified atom stereocenters. The Morgan fingerprint density at radius 3 is 3.00 bits per heavy atom. The molecule has 0 saturated heterocycles. The second kappa shape index (κ2) is 6.52. The Kier molecular flexibility index (Phi) is 4.07. The molecule has 130 valence electrons. The number of aliphatic hydroxyl groups is 1. The highest BCUT2D eigenvalue weighted by Crippen LogP contribution is 2.35. The van der Waals surface area contributed by atoms with Crippen LogP contribution in [0.1, 0.15) is 11.3 Å². The van der Waals surface area contributed by atoms with Crippen LogP contribution in [0.25, 0.3) is 11.3 Å². The molecule has 0 amide bonds. The smallest absolute Gasteiger partial charge is 0.231 e. The molecule has 1 aliphatic rings. The number of rotatable bonds is 6. The van der Waals surface area contributed by atoms with Crippen LogP contribution in [-0.4, -0.2) is 28.3 Å². The molecule has 1 aromatic carbocycles. The highest BCUT2D eigenvalue weighted by Gasteiger charge is 2.18. The number of nitrogens with one attached hydrogen (secondary N) is 1. The fourth-order valence-electron chi connectivity index (χ4n) is 2.92. The molecule has 2 aromatic heterocycles. The highest BCUT2D eigenvalue weighted by atomic mass is 16.7. The molecule has 25 heavy (non-hydrogen) atoms. The van der Waals surface area contributed by atoms with E-state index in [-0.39, 0.29) is 13.4 Å². The molecule has 0 spiro atoms. The summed E-state index contributed by atoms with van der Waals surface area (Å²) in [6.07, 6.45) is 1.65. The van der Waals surface area contributed by atoms with Crippen molar-refractivity contribution in [2.45, 2.75) is 20.0 Å². The van der Waals surface area contributed by atoms with Gasteiger partial charge in [-0.25, -0.2) is 4.68 Å². The van der Waals surface area contributed by atoms with Gasteiger partial charge in [0.1, 0.15) is 11.6 Å². The summed E-state index contributed by atoms with van der Waals surface area (Å²) in [5.41, 5.74) is 2.75. The molecule has 0 aliphatic carbocycles. The van der Waals surface area contributed by atoms with Gasteiger partial charge in [-0.05, 0) is 19.1 Å². The van der Waals surface area contributed by atoms with Crippen molar-refractivity contribution in [1.82, 2.24) is 9.78 Å². The van der Waals surface area contributed by atoms with Crippen LogP contribution in [-0.2, 0) is 13.1 Å². The zero-order valence-electron chi connectivity index (χ0n) is 13.9. The van der Waals surface area contributed by atoms with Crippen LogP contribution in [0.2, 0.25) is 0 Å². The third-order valence-corrected chi connectivity index (χ3v) is 4.16. The number of anilines is 1. The fraction of sp³-hybridized carbons (Fsp3) is 0.278. The summed E-state index contributed by atoms with van der Waals surface area (Å²) in [7, 11) is 0. The molecular formula is C18H19N3O4. The lowest BCUT2D eigenvalue weighted by atomic mass is 10.2. The minimum atomic E-state index is 0.0118. The number of aromatic nitrogens is 2. The van der Waals surface area contributed by atoms with E-state index < -0.39 is 0 Å². The molecule has 7 nitrogen and oxygen atoms in total. The molecule has 4 rings (SSSR count). The fourth-order valence-corrected chi connectivity index (χ4v) is 2.92. The number of furan rings is 1. The molecule has 7 heteroatoms. The highest BCUT2D eigenvalue weighted by molar-refractivity contribution is 5.65. The van der Waals surface area contributed by atoms with Crippen LogP contribution >= 0.6 is 0 Å². The van der Waals surface area contributed by atoms with E-state index in [4.69, 9.17) is 13.9 Å². The van der Waals surface area contributed by atoms with Crippen LogP contribution in [0, 0.1) is 6.92 Å². The third-order valence-electron chi connectivity index (χ3n) is 4.16. The molecular weight excluding hydrogens is 322 g/mol. The maximum Gasteiger partial charge on any atom is 0.231 e. The first-order valence-corrected chi connectivity index (χ1v) is 8.11. The van der Waals surface area contributed by atoms with Gasteiger partial charge in [0.05, 0.1) is 25.1 Å². The quantitative estimate of drug-likeness (QED) is 0.717. The average Bonchev–Trinajstić information content (AvgIpc) is 3.32. The predicted octanol–water partition coefficient (Wildman–Crippen LogP) is 2.78. The number of fused-ring (bicyclic) bond motifs is 1. The Bertz CT molecular complexity index is 884. The number of aryl methyl sites for hydroxylation is 1. The SMILES string of the molecule is Cc1occc1-c1cc(NCc2cccc3c2OCO3)n(CCO)n1. The third kappa shape index (κ3) is 2.94. The maximum atomic E-state index is 9.31. The van der Waals surface area contributed by atoms with Gasteiger partial charge in [0, 0.05) is 23.7 Å². The van der Waals surface area contributed by atoms with E-state index >= 15 is 0 Å². The summed E-state index contributed by atoms with van der Waals surface area (Å²) in [5, 5.41) is 17.2. The standard InChI is InChI=1S/C18H19N3O4/c1-12-14(5-8-23-12)15-9-17(21(20-15)6-7-22)19-10-13-3-2-4-16-18(13)25-11-24-16/h2-5,8-9,19,22H,6-7,10-11H2,1H3. The average molecular weight is 341 g/mol. The van der Waals surface area contributed by atoms with Gasteiger partial charge in [-0.1, -0.05) is 12.1 Å². The van der Waals surface area contributed by atoms with E-state index in [2.05, 4.69) is 10.4 Å². The van der Waals surface area contributed by atoms with E-state index in [9.17, 15) is 5.11 Å². The molecule has 0 radical (unpaired) electrons. The van der Waals surface area contributed by atoms with Crippen LogP contribution in [0.5, 0.6) is 11.5 Å². The first-order valence-electron chi connectivity index (χ1n) is 8.11. The summed E-state index contributed by atoms with van der Waals surface area (Å²) >= 11 is 0. The summed E-state index contributed by atoms with van der Waals surface area (Å²) < 4.78 is 18.1. The zero-order valence-corrected chi connectivity index (χ0v) is 13.9. The monoisotopic (exact) mass is 341 g/mol. The topological polar surface area (TPSA) is 81.7 Å². The number of hydrogen-bond acceptors (Lipinski definition) is 6. The summed E-state index contributed by atoms with van der Waals surface area (Å²) in [6, 6.07) is 9.67. The van der Waals surface area contributed by atoms with Gasteiger partial charge in [-0.2, -0.15) is 5.10 Å². The second-order valence-corrected chi connectivity index (χ2v) is 5.76. The van der Waals surface area contributed by atoms with Gasteiger partial charge in [0.25, 0.3) is 0 Å². The van der Waals surface area contributed by atoms with E-state index in [0.717, 1.165) is 39.9 Å². The molecule has 0 saturated carbocycles. The maximum absolute atomic E-state index is 9.31. The van der Waals surface area contributed by atoms with Crippen LogP contribution in [0.3, 0.4) is 0 Å². The van der Waals surface area contributed by atoms with E-state index in [0.29, 0.717) is 13.1 Å². The molecule has 1 aliphatic heterocycles. The Labute approximate surface area is 144 Å². The lowest BCUT2D eigenvalue weighted by molar-refractivity contribution is 0.173. The summed E-state index contributed by atoms with van der Waals surface area (Å²) in [4.78, 5) is 0. The normalized spacial score (nSPS) is 12.6. The lowest BCUT2D eigenvalue weighted by Gasteiger charge is -2.10. The molecule has 2 N–H and O–H groups in total. The predicted molar refractivity (Wildman–Crippen MR) is 91.6 cm³/mol. The second-order valence-electron chi connectivity index (χ2n) is 5.76. The van der Waals surface area contributed by atoms with Crippen LogP contribution in [0.15, 0.2) is 41.0 Å². The van der Waals surface area contributed by atoms with Gasteiger partial charge in [0.15, 0.2) is 11.5 Å². The molecule has 0 fully saturated rings. The van der Waals surface area contributed by atoms with Crippen molar-refractivity contribution in [1.29, 1.82) is 0 Å². The number of aliphatic hydroxyl groups excluding tert-OH is 1. The Morgan fingerprint density at radius 1 is 1.28 bits per heavy atom. The number of benzene rings is 1. The Balaban J connectivity index is 1.59. The summed E-state index contributed by atoms with van der Waals surface area (Å²) in [5.74, 6) is 3.17. The summed E-state index contributed by atoms with van der Waals surface area (Å²) in [6.45, 7) is 3.13. The first-order chi connectivity index (χ1) is 12.3. The van der Waals surface area contributed by atoms with E-state index in [1.165, 1.54) is 0 Å². The number of hydrogen-bond donors (Lipinski definition) is 2. The van der Waals surface area contributed by atoms with Crippen molar-refractivity contribution in [2.75, 3.05) is 18.7 Å². The number of ether oxygens (including phenoxy) is 2. The van der Waals surface area contributed by atoms with Crippen molar-refractivity contribution in [3.8, 4) is 22.8 Å². The minimum Gasteiger partial charge on any atom is -0.469 e.